The van der Waals surface area contributed by atoms with Gasteiger partial charge in [-0.15, -0.1) is 11.0 Å². The van der Waals surface area contributed by atoms with Crippen molar-refractivity contribution in [1.82, 2.24) is 24.3 Å². The summed E-state index contributed by atoms with van der Waals surface area (Å²) < 4.78 is 41.6. The van der Waals surface area contributed by atoms with Gasteiger partial charge in [-0.2, -0.15) is 13.2 Å². The van der Waals surface area contributed by atoms with E-state index in [1.807, 2.05) is 0 Å². The maximum absolute atomic E-state index is 13.7. The van der Waals surface area contributed by atoms with Crippen molar-refractivity contribution >= 4 is 17.5 Å². The average molecular weight is 507 g/mol. The van der Waals surface area contributed by atoms with E-state index >= 15 is 0 Å². The number of nitrogens with zero attached hydrogens (tertiary/aromatic N) is 6. The molecule has 1 atom stereocenters. The van der Waals surface area contributed by atoms with Gasteiger partial charge in [0.1, 0.15) is 0 Å². The maximum Gasteiger partial charge on any atom is 0.493 e. The van der Waals surface area contributed by atoms with E-state index in [0.29, 0.717) is 36.8 Å². The molecule has 0 radical (unpaired) electrons. The molecule has 0 spiro atoms. The van der Waals surface area contributed by atoms with E-state index in [1.54, 1.807) is 24.0 Å². The number of aromatic nitrogens is 3. The van der Waals surface area contributed by atoms with Gasteiger partial charge in [-0.3, -0.25) is 23.8 Å². The molecule has 1 N–H and O–H groups in total. The summed E-state index contributed by atoms with van der Waals surface area (Å²) >= 11 is 0. The fourth-order valence-electron chi connectivity index (χ4n) is 4.22. The number of nitrogens with one attached hydrogen (secondary N) is 1. The zero-order valence-electron chi connectivity index (χ0n) is 19.6. The molecule has 4 heterocycles. The molecule has 2 aliphatic rings. The van der Waals surface area contributed by atoms with Crippen molar-refractivity contribution in [2.45, 2.75) is 25.9 Å². The van der Waals surface area contributed by atoms with Crippen LogP contribution in [-0.2, 0) is 23.2 Å². The molecule has 14 heteroatoms. The molecule has 0 aromatic carbocycles. The third-order valence-corrected chi connectivity index (χ3v) is 5.89. The van der Waals surface area contributed by atoms with E-state index in [9.17, 15) is 27.6 Å². The number of rotatable bonds is 5. The summed E-state index contributed by atoms with van der Waals surface area (Å²) in [6.07, 6.45) is -3.38. The van der Waals surface area contributed by atoms with Crippen LogP contribution in [0.4, 0.5) is 24.7 Å². The first kappa shape index (κ1) is 25.3. The molecule has 192 valence electrons. The van der Waals surface area contributed by atoms with Crippen LogP contribution in [0.5, 0.6) is 0 Å². The second-order valence-electron chi connectivity index (χ2n) is 8.15. The summed E-state index contributed by atoms with van der Waals surface area (Å²) in [5.41, 5.74) is -0.993. The Morgan fingerprint density at radius 1 is 1.22 bits per heavy atom. The second kappa shape index (κ2) is 10.0. The molecular weight excluding hydrogens is 483 g/mol. The number of hydrogen-bond donors (Lipinski definition) is 1. The molecule has 0 bridgehead atoms. The van der Waals surface area contributed by atoms with Crippen LogP contribution in [-0.4, -0.2) is 70.2 Å². The van der Waals surface area contributed by atoms with E-state index in [0.717, 1.165) is 9.13 Å². The van der Waals surface area contributed by atoms with Crippen LogP contribution in [0, 0.1) is 11.8 Å². The molecule has 0 amide bonds. The van der Waals surface area contributed by atoms with Crippen molar-refractivity contribution in [3.63, 3.8) is 0 Å². The van der Waals surface area contributed by atoms with Crippen molar-refractivity contribution < 1.29 is 22.8 Å². The van der Waals surface area contributed by atoms with Crippen molar-refractivity contribution in [2.75, 3.05) is 42.7 Å². The van der Waals surface area contributed by atoms with Crippen LogP contribution in [0.25, 0.3) is 0 Å². The van der Waals surface area contributed by atoms with Gasteiger partial charge in [-0.05, 0) is 24.6 Å². The van der Waals surface area contributed by atoms with Gasteiger partial charge in [0.05, 0.1) is 13.1 Å². The lowest BCUT2D eigenvalue weighted by atomic mass is 10.2. The SMILES string of the molecule is CC#CCN1c2c(n(C)c(=O)n(Cc3ccncc3)c2=O)N(OC(=O)C(F)(F)F)C1N1CCNCC1. The minimum absolute atomic E-state index is 0.0547. The number of carbonyl (C=O) groups excluding carboxylic acids is 1. The van der Waals surface area contributed by atoms with Crippen LogP contribution in [0.2, 0.25) is 0 Å². The van der Waals surface area contributed by atoms with Gasteiger partial charge in [0.25, 0.3) is 5.56 Å². The number of carbonyl (C=O) groups is 1. The Kier molecular flexibility index (Phi) is 7.04. The van der Waals surface area contributed by atoms with E-state index in [1.165, 1.54) is 24.3 Å². The van der Waals surface area contributed by atoms with Gasteiger partial charge < -0.3 is 15.1 Å². The topological polar surface area (TPSA) is 105 Å². The lowest BCUT2D eigenvalue weighted by Gasteiger charge is -2.40. The Morgan fingerprint density at radius 3 is 2.50 bits per heavy atom. The molecule has 1 unspecified atom stereocenters. The Morgan fingerprint density at radius 2 is 1.89 bits per heavy atom. The minimum Gasteiger partial charge on any atom is -0.327 e. The molecule has 0 aliphatic carbocycles. The Labute approximate surface area is 203 Å². The van der Waals surface area contributed by atoms with Crippen LogP contribution >= 0.6 is 0 Å². The lowest BCUT2D eigenvalue weighted by molar-refractivity contribution is -0.203. The number of anilines is 2. The van der Waals surface area contributed by atoms with Crippen LogP contribution < -0.4 is 26.5 Å². The van der Waals surface area contributed by atoms with Gasteiger partial charge in [-0.1, -0.05) is 5.92 Å². The standard InChI is InChI=1S/C22H24F3N7O4/c1-3-4-11-30-16-17(28(2)21(35)31(18(16)33)14-15-5-7-26-8-6-15)32(36-19(34)22(23,24)25)20(30)29-12-9-27-10-13-29/h5-8,20,27H,9-14H2,1-2H3. The summed E-state index contributed by atoms with van der Waals surface area (Å²) in [5, 5.41) is 3.85. The van der Waals surface area contributed by atoms with Crippen LogP contribution in [0.1, 0.15) is 12.5 Å². The van der Waals surface area contributed by atoms with Crippen molar-refractivity contribution in [1.29, 1.82) is 0 Å². The first-order chi connectivity index (χ1) is 17.1. The first-order valence-electron chi connectivity index (χ1n) is 11.1. The highest BCUT2D eigenvalue weighted by Crippen LogP contribution is 2.38. The third kappa shape index (κ3) is 4.67. The average Bonchev–Trinajstić information content (AvgIpc) is 3.18. The molecule has 11 nitrogen and oxygen atoms in total. The molecule has 2 aromatic rings. The number of fused-ring (bicyclic) bond motifs is 1. The maximum atomic E-state index is 13.7. The number of alkyl halides is 3. The summed E-state index contributed by atoms with van der Waals surface area (Å²) in [5.74, 6) is 2.83. The number of hydroxylamine groups is 1. The van der Waals surface area contributed by atoms with Gasteiger partial charge in [0.15, 0.2) is 17.8 Å². The highest BCUT2D eigenvalue weighted by atomic mass is 19.4. The third-order valence-electron chi connectivity index (χ3n) is 5.89. The Hall–Kier alpha value is -3.83. The smallest absolute Gasteiger partial charge is 0.327 e. The fourth-order valence-corrected chi connectivity index (χ4v) is 4.22. The highest BCUT2D eigenvalue weighted by molar-refractivity contribution is 5.80. The number of halogens is 3. The van der Waals surface area contributed by atoms with Crippen molar-refractivity contribution in [3.05, 3.63) is 50.9 Å². The molecule has 2 aliphatic heterocycles. The van der Waals surface area contributed by atoms with E-state index < -0.39 is 29.7 Å². The normalized spacial score (nSPS) is 18.0. The zero-order valence-corrected chi connectivity index (χ0v) is 19.6. The van der Waals surface area contributed by atoms with Crippen LogP contribution in [0.15, 0.2) is 34.1 Å². The van der Waals surface area contributed by atoms with Crippen molar-refractivity contribution in [3.8, 4) is 11.8 Å². The Bertz CT molecular complexity index is 1310. The van der Waals surface area contributed by atoms with Gasteiger partial charge in [0, 0.05) is 45.6 Å². The second-order valence-corrected chi connectivity index (χ2v) is 8.15. The molecule has 0 saturated carbocycles. The number of pyridine rings is 1. The summed E-state index contributed by atoms with van der Waals surface area (Å²) in [7, 11) is 1.31. The zero-order chi connectivity index (χ0) is 26.0. The monoisotopic (exact) mass is 507 g/mol. The van der Waals surface area contributed by atoms with E-state index in [4.69, 9.17) is 4.84 Å². The van der Waals surface area contributed by atoms with Crippen molar-refractivity contribution in [2.24, 2.45) is 7.05 Å². The van der Waals surface area contributed by atoms with Gasteiger partial charge >= 0.3 is 17.8 Å². The quantitative estimate of drug-likeness (QED) is 0.554. The first-order valence-corrected chi connectivity index (χ1v) is 11.1. The number of piperazine rings is 1. The van der Waals surface area contributed by atoms with Crippen LogP contribution in [0.3, 0.4) is 0 Å². The van der Waals surface area contributed by atoms with E-state index in [-0.39, 0.29) is 24.6 Å². The summed E-state index contributed by atoms with van der Waals surface area (Å²) in [6.45, 7) is 3.25. The molecule has 1 fully saturated rings. The lowest BCUT2D eigenvalue weighted by Crippen LogP contribution is -2.61. The molecule has 36 heavy (non-hydrogen) atoms. The van der Waals surface area contributed by atoms with E-state index in [2.05, 4.69) is 22.1 Å². The molecular formula is C22H24F3N7O4. The fraction of sp³-hybridized carbons (Fsp3) is 0.455. The molecule has 2 aromatic heterocycles. The molecule has 1 saturated heterocycles. The van der Waals surface area contributed by atoms with Gasteiger partial charge in [0.2, 0.25) is 0 Å². The van der Waals surface area contributed by atoms with Gasteiger partial charge in [-0.25, -0.2) is 9.59 Å². The highest BCUT2D eigenvalue weighted by Gasteiger charge is 2.50. The predicted octanol–water partition coefficient (Wildman–Crippen LogP) is -0.151. The predicted molar refractivity (Wildman–Crippen MR) is 123 cm³/mol. The number of hydrogen-bond acceptors (Lipinski definition) is 9. The largest absolute Gasteiger partial charge is 0.493 e. The Balaban J connectivity index is 1.91. The summed E-state index contributed by atoms with van der Waals surface area (Å²) in [6, 6.07) is 3.28. The summed E-state index contributed by atoms with van der Waals surface area (Å²) in [4.78, 5) is 50.8. The minimum atomic E-state index is -5.29. The molecule has 4 rings (SSSR count).